The minimum Gasteiger partial charge on any atom is -0.343 e. The number of aromatic amines is 1. The van der Waals surface area contributed by atoms with Crippen molar-refractivity contribution in [2.24, 2.45) is 0 Å². The maximum absolute atomic E-state index is 12.8. The number of aromatic nitrogens is 4. The molecule has 7 heteroatoms. The lowest BCUT2D eigenvalue weighted by Crippen LogP contribution is -2.30. The second kappa shape index (κ2) is 6.16. The summed E-state index contributed by atoms with van der Waals surface area (Å²) >= 11 is 1.48. The summed E-state index contributed by atoms with van der Waals surface area (Å²) in [6.45, 7) is 2.64. The molecule has 0 radical (unpaired) electrons. The number of hydrogen-bond donors (Lipinski definition) is 1. The molecule has 6 nitrogen and oxygen atoms in total. The van der Waals surface area contributed by atoms with E-state index in [0.29, 0.717) is 5.82 Å². The summed E-state index contributed by atoms with van der Waals surface area (Å²) in [5.74, 6) is 1.49. The molecule has 3 aromatic rings. The van der Waals surface area contributed by atoms with E-state index in [-0.39, 0.29) is 11.9 Å². The van der Waals surface area contributed by atoms with E-state index in [0.717, 1.165) is 41.5 Å². The Morgan fingerprint density at radius 3 is 3.08 bits per heavy atom. The molecular weight excluding hydrogens is 322 g/mol. The van der Waals surface area contributed by atoms with Crippen LogP contribution in [0.4, 0.5) is 0 Å². The number of carbonyl (C=O) groups is 1. The van der Waals surface area contributed by atoms with Gasteiger partial charge in [-0.25, -0.2) is 15.0 Å². The SMILES string of the molecule is Cc1nc(-c2ncc[nH]2)cc([C@@H]2CCCN2C(=O)c2cccs2)n1. The number of aryl methyl sites for hydroxylation is 1. The normalized spacial score (nSPS) is 17.4. The Morgan fingerprint density at radius 2 is 2.33 bits per heavy atom. The Balaban J connectivity index is 1.68. The number of thiophene rings is 1. The van der Waals surface area contributed by atoms with Crippen LogP contribution in [0.1, 0.15) is 40.1 Å². The first kappa shape index (κ1) is 15.0. The number of hydrogen-bond acceptors (Lipinski definition) is 5. The third-order valence-corrected chi connectivity index (χ3v) is 5.04. The average molecular weight is 339 g/mol. The van der Waals surface area contributed by atoms with Crippen LogP contribution in [0, 0.1) is 6.92 Å². The van der Waals surface area contributed by atoms with Gasteiger partial charge in [0.25, 0.3) is 5.91 Å². The molecule has 0 spiro atoms. The van der Waals surface area contributed by atoms with Crippen LogP contribution in [-0.4, -0.2) is 37.3 Å². The molecular formula is C17H17N5OS. The van der Waals surface area contributed by atoms with Crippen molar-refractivity contribution >= 4 is 17.2 Å². The van der Waals surface area contributed by atoms with Gasteiger partial charge in [0, 0.05) is 18.9 Å². The number of rotatable bonds is 3. The zero-order valence-electron chi connectivity index (χ0n) is 13.3. The van der Waals surface area contributed by atoms with Crippen LogP contribution in [-0.2, 0) is 0 Å². The number of carbonyl (C=O) groups excluding carboxylic acids is 1. The Kier molecular flexibility index (Phi) is 3.86. The van der Waals surface area contributed by atoms with Crippen LogP contribution < -0.4 is 0 Å². The summed E-state index contributed by atoms with van der Waals surface area (Å²) < 4.78 is 0. The Morgan fingerprint density at radius 1 is 1.42 bits per heavy atom. The number of likely N-dealkylation sites (tertiary alicyclic amines) is 1. The van der Waals surface area contributed by atoms with Crippen LogP contribution >= 0.6 is 11.3 Å². The smallest absolute Gasteiger partial charge is 0.264 e. The van der Waals surface area contributed by atoms with Gasteiger partial charge < -0.3 is 9.88 Å². The van der Waals surface area contributed by atoms with E-state index in [1.54, 1.807) is 12.4 Å². The zero-order chi connectivity index (χ0) is 16.5. The van der Waals surface area contributed by atoms with Gasteiger partial charge in [0.2, 0.25) is 0 Å². The number of nitrogens with zero attached hydrogens (tertiary/aromatic N) is 4. The fourth-order valence-electron chi connectivity index (χ4n) is 3.15. The molecule has 1 aliphatic rings. The number of imidazole rings is 1. The van der Waals surface area contributed by atoms with E-state index in [1.807, 2.05) is 35.4 Å². The molecule has 0 bridgehead atoms. The highest BCUT2D eigenvalue weighted by molar-refractivity contribution is 7.12. The second-order valence-electron chi connectivity index (χ2n) is 5.80. The van der Waals surface area contributed by atoms with Gasteiger partial charge in [0.1, 0.15) is 11.5 Å². The summed E-state index contributed by atoms with van der Waals surface area (Å²) in [5.41, 5.74) is 1.65. The first-order valence-corrected chi connectivity index (χ1v) is 8.80. The van der Waals surface area contributed by atoms with Crippen LogP contribution in [0.5, 0.6) is 0 Å². The van der Waals surface area contributed by atoms with Gasteiger partial charge >= 0.3 is 0 Å². The van der Waals surface area contributed by atoms with Crippen molar-refractivity contribution in [2.45, 2.75) is 25.8 Å². The van der Waals surface area contributed by atoms with E-state index < -0.39 is 0 Å². The van der Waals surface area contributed by atoms with E-state index in [4.69, 9.17) is 0 Å². The Labute approximate surface area is 143 Å². The highest BCUT2D eigenvalue weighted by Crippen LogP contribution is 2.33. The number of H-pyrrole nitrogens is 1. The first-order chi connectivity index (χ1) is 11.7. The summed E-state index contributed by atoms with van der Waals surface area (Å²) in [6, 6.07) is 5.72. The Hall–Kier alpha value is -2.54. The summed E-state index contributed by atoms with van der Waals surface area (Å²) in [7, 11) is 0. The van der Waals surface area contributed by atoms with Gasteiger partial charge in [-0.3, -0.25) is 4.79 Å². The second-order valence-corrected chi connectivity index (χ2v) is 6.74. The van der Waals surface area contributed by atoms with Gasteiger partial charge in [-0.15, -0.1) is 11.3 Å². The summed E-state index contributed by atoms with van der Waals surface area (Å²) in [5, 5.41) is 1.93. The third kappa shape index (κ3) is 2.71. The molecule has 0 aliphatic carbocycles. The van der Waals surface area contributed by atoms with Gasteiger partial charge in [-0.1, -0.05) is 6.07 Å². The highest BCUT2D eigenvalue weighted by atomic mass is 32.1. The van der Waals surface area contributed by atoms with E-state index >= 15 is 0 Å². The Bertz CT molecular complexity index is 844. The van der Waals surface area contributed by atoms with E-state index in [1.165, 1.54) is 11.3 Å². The van der Waals surface area contributed by atoms with E-state index in [2.05, 4.69) is 19.9 Å². The maximum atomic E-state index is 12.8. The molecule has 1 atom stereocenters. The van der Waals surface area contributed by atoms with Crippen molar-refractivity contribution < 1.29 is 4.79 Å². The monoisotopic (exact) mass is 339 g/mol. The topological polar surface area (TPSA) is 74.8 Å². The van der Waals surface area contributed by atoms with Crippen molar-refractivity contribution in [3.05, 3.63) is 52.4 Å². The lowest BCUT2D eigenvalue weighted by molar-refractivity contribution is 0.0737. The van der Waals surface area contributed by atoms with Crippen molar-refractivity contribution in [1.82, 2.24) is 24.8 Å². The fourth-order valence-corrected chi connectivity index (χ4v) is 3.83. The molecule has 0 saturated carbocycles. The van der Waals surface area contributed by atoms with Crippen molar-refractivity contribution in [3.8, 4) is 11.5 Å². The standard InChI is InChI=1S/C17H17N5OS/c1-11-20-12(10-13(21-11)16-18-6-7-19-16)14-4-2-8-22(14)17(23)15-5-3-9-24-15/h3,5-7,9-10,14H,2,4,8H2,1H3,(H,18,19)/t14-/m0/s1. The zero-order valence-corrected chi connectivity index (χ0v) is 14.1. The minimum atomic E-state index is -0.00462. The quantitative estimate of drug-likeness (QED) is 0.795. The molecule has 0 aromatic carbocycles. The van der Waals surface area contributed by atoms with Crippen molar-refractivity contribution in [1.29, 1.82) is 0 Å². The fraction of sp³-hybridized carbons (Fsp3) is 0.294. The lowest BCUT2D eigenvalue weighted by atomic mass is 10.1. The summed E-state index contributed by atoms with van der Waals surface area (Å²) in [6.07, 6.45) is 5.38. The molecule has 1 amide bonds. The predicted octanol–water partition coefficient (Wildman–Crippen LogP) is 3.21. The number of amides is 1. The van der Waals surface area contributed by atoms with E-state index in [9.17, 15) is 4.79 Å². The van der Waals surface area contributed by atoms with Crippen LogP contribution in [0.2, 0.25) is 0 Å². The van der Waals surface area contributed by atoms with Gasteiger partial charge in [0.05, 0.1) is 16.6 Å². The number of nitrogens with one attached hydrogen (secondary N) is 1. The average Bonchev–Trinajstić information content (AvgIpc) is 3.36. The lowest BCUT2D eigenvalue weighted by Gasteiger charge is -2.24. The largest absolute Gasteiger partial charge is 0.343 e. The van der Waals surface area contributed by atoms with Crippen molar-refractivity contribution in [2.75, 3.05) is 6.54 Å². The van der Waals surface area contributed by atoms with Crippen LogP contribution in [0.3, 0.4) is 0 Å². The molecule has 24 heavy (non-hydrogen) atoms. The third-order valence-electron chi connectivity index (χ3n) is 4.19. The highest BCUT2D eigenvalue weighted by Gasteiger charge is 2.32. The molecule has 1 aliphatic heterocycles. The van der Waals surface area contributed by atoms with Gasteiger partial charge in [-0.05, 0) is 37.3 Å². The molecule has 1 saturated heterocycles. The maximum Gasteiger partial charge on any atom is 0.264 e. The molecule has 1 fully saturated rings. The molecule has 0 unspecified atom stereocenters. The summed E-state index contributed by atoms with van der Waals surface area (Å²) in [4.78, 5) is 31.9. The molecule has 4 rings (SSSR count). The molecule has 3 aromatic heterocycles. The molecule has 1 N–H and O–H groups in total. The first-order valence-electron chi connectivity index (χ1n) is 7.92. The molecule has 122 valence electrons. The minimum absolute atomic E-state index is 0.00462. The predicted molar refractivity (Wildman–Crippen MR) is 91.7 cm³/mol. The van der Waals surface area contributed by atoms with Gasteiger partial charge in [-0.2, -0.15) is 0 Å². The molecule has 4 heterocycles. The van der Waals surface area contributed by atoms with Crippen molar-refractivity contribution in [3.63, 3.8) is 0 Å². The van der Waals surface area contributed by atoms with Gasteiger partial charge in [0.15, 0.2) is 5.82 Å². The van der Waals surface area contributed by atoms with Crippen LogP contribution in [0.15, 0.2) is 36.0 Å². The van der Waals surface area contributed by atoms with Crippen LogP contribution in [0.25, 0.3) is 11.5 Å².